The molecule has 0 fully saturated rings. The van der Waals surface area contributed by atoms with Crippen LogP contribution in [0.5, 0.6) is 0 Å². The fraction of sp³-hybridized carbons (Fsp3) is 0.167. The number of hydrogen-bond acceptors (Lipinski definition) is 4. The van der Waals surface area contributed by atoms with Gasteiger partial charge >= 0.3 is 5.97 Å². The predicted molar refractivity (Wildman–Crippen MR) is 39.3 cm³/mol. The van der Waals surface area contributed by atoms with E-state index in [0.29, 0.717) is 0 Å². The smallest absolute Gasteiger partial charge is 0.357 e. The van der Waals surface area contributed by atoms with Crippen LogP contribution in [-0.2, 0) is 0 Å². The van der Waals surface area contributed by atoms with E-state index >= 15 is 0 Å². The number of aromatic nitrogens is 2. The summed E-state index contributed by atoms with van der Waals surface area (Å²) in [5, 5.41) is 11.9. The molecule has 0 unspecified atom stereocenters. The highest BCUT2D eigenvalue weighted by Gasteiger charge is 2.17. The second-order valence-corrected chi connectivity index (χ2v) is 2.23. The lowest BCUT2D eigenvalue weighted by molar-refractivity contribution is 0.0685. The van der Waals surface area contributed by atoms with E-state index in [1.165, 1.54) is 13.1 Å². The zero-order valence-electron chi connectivity index (χ0n) is 6.31. The summed E-state index contributed by atoms with van der Waals surface area (Å²) in [7, 11) is 0. The summed E-state index contributed by atoms with van der Waals surface area (Å²) in [4.78, 5) is 22.1. The minimum atomic E-state index is -1.26. The zero-order valence-corrected chi connectivity index (χ0v) is 6.31. The highest BCUT2D eigenvalue weighted by Crippen LogP contribution is 2.05. The van der Waals surface area contributed by atoms with E-state index in [-0.39, 0.29) is 17.0 Å². The Morgan fingerprint density at radius 3 is 2.58 bits per heavy atom. The average molecular weight is 169 g/mol. The van der Waals surface area contributed by atoms with Gasteiger partial charge in [-0.2, -0.15) is 4.79 Å². The molecule has 0 aromatic carbocycles. The lowest BCUT2D eigenvalue weighted by Crippen LogP contribution is -2.10. The largest absolute Gasteiger partial charge is 0.476 e. The first-order valence-electron chi connectivity index (χ1n) is 3.11. The topological polar surface area (TPSA) is 98.2 Å². The SMILES string of the molecule is CC(=O)c1cn(N)nc1C(=O)O. The molecule has 0 aliphatic heterocycles. The van der Waals surface area contributed by atoms with Gasteiger partial charge in [-0.3, -0.25) is 4.79 Å². The summed E-state index contributed by atoms with van der Waals surface area (Å²) < 4.78 is 0. The number of Topliss-reactive ketones (excluding diaryl/α,β-unsaturated/α-hetero) is 1. The van der Waals surface area contributed by atoms with Crippen molar-refractivity contribution in [3.8, 4) is 0 Å². The number of carbonyl (C=O) groups is 2. The molecule has 0 aliphatic carbocycles. The molecule has 1 heterocycles. The lowest BCUT2D eigenvalue weighted by Gasteiger charge is -1.88. The van der Waals surface area contributed by atoms with Crippen LogP contribution in [0.4, 0.5) is 0 Å². The molecular formula is C6H7N3O3. The van der Waals surface area contributed by atoms with Gasteiger partial charge in [0.25, 0.3) is 0 Å². The van der Waals surface area contributed by atoms with Crippen LogP contribution >= 0.6 is 0 Å². The summed E-state index contributed by atoms with van der Waals surface area (Å²) in [5.74, 6) is 3.51. The Morgan fingerprint density at radius 2 is 2.25 bits per heavy atom. The van der Waals surface area contributed by atoms with Crippen molar-refractivity contribution in [2.24, 2.45) is 0 Å². The molecule has 1 aromatic heterocycles. The summed E-state index contributed by atoms with van der Waals surface area (Å²) in [6.45, 7) is 1.25. The van der Waals surface area contributed by atoms with Crippen LogP contribution in [0.2, 0.25) is 0 Å². The molecule has 0 saturated heterocycles. The number of rotatable bonds is 2. The Labute approximate surface area is 67.6 Å². The monoisotopic (exact) mass is 169 g/mol. The lowest BCUT2D eigenvalue weighted by atomic mass is 10.2. The van der Waals surface area contributed by atoms with Gasteiger partial charge in [0.2, 0.25) is 0 Å². The predicted octanol–water partition coefficient (Wildman–Crippen LogP) is -0.502. The van der Waals surface area contributed by atoms with Crippen molar-refractivity contribution in [2.75, 3.05) is 5.84 Å². The normalized spacial score (nSPS) is 9.75. The number of nitrogens with zero attached hydrogens (tertiary/aromatic N) is 2. The molecule has 0 radical (unpaired) electrons. The molecule has 6 nitrogen and oxygen atoms in total. The van der Waals surface area contributed by atoms with Crippen molar-refractivity contribution >= 4 is 11.8 Å². The Morgan fingerprint density at radius 1 is 1.67 bits per heavy atom. The standard InChI is InChI=1S/C6H7N3O3/c1-3(10)4-2-9(7)8-5(4)6(11)12/h2H,7H2,1H3,(H,11,12). The number of carboxylic acid groups (broad SMARTS) is 1. The first-order chi connectivity index (χ1) is 5.52. The Bertz CT molecular complexity index is 310. The van der Waals surface area contributed by atoms with Crippen molar-refractivity contribution < 1.29 is 14.7 Å². The van der Waals surface area contributed by atoms with Gasteiger partial charge in [-0.15, -0.1) is 5.10 Å². The Hall–Kier alpha value is -1.85. The number of ketones is 1. The fourth-order valence-corrected chi connectivity index (χ4v) is 0.807. The van der Waals surface area contributed by atoms with E-state index in [0.717, 1.165) is 4.79 Å². The van der Waals surface area contributed by atoms with Crippen LogP contribution in [0, 0.1) is 0 Å². The molecule has 0 atom stereocenters. The van der Waals surface area contributed by atoms with E-state index < -0.39 is 5.97 Å². The fourth-order valence-electron chi connectivity index (χ4n) is 0.807. The van der Waals surface area contributed by atoms with Gasteiger partial charge in [-0.25, -0.2) is 4.79 Å². The van der Waals surface area contributed by atoms with Crippen molar-refractivity contribution in [3.63, 3.8) is 0 Å². The highest BCUT2D eigenvalue weighted by atomic mass is 16.4. The quantitative estimate of drug-likeness (QED) is 0.459. The molecule has 0 bridgehead atoms. The zero-order chi connectivity index (χ0) is 9.30. The first kappa shape index (κ1) is 8.25. The van der Waals surface area contributed by atoms with Gasteiger partial charge < -0.3 is 10.9 Å². The molecule has 3 N–H and O–H groups in total. The van der Waals surface area contributed by atoms with E-state index in [1.54, 1.807) is 0 Å². The van der Waals surface area contributed by atoms with Gasteiger partial charge in [-0.1, -0.05) is 0 Å². The summed E-state index contributed by atoms with van der Waals surface area (Å²) >= 11 is 0. The van der Waals surface area contributed by atoms with Gasteiger partial charge in [0.15, 0.2) is 11.5 Å². The third-order valence-electron chi connectivity index (χ3n) is 1.31. The number of carboxylic acids is 1. The molecule has 12 heavy (non-hydrogen) atoms. The second kappa shape index (κ2) is 2.65. The van der Waals surface area contributed by atoms with Crippen LogP contribution in [0.1, 0.15) is 27.8 Å². The van der Waals surface area contributed by atoms with E-state index in [2.05, 4.69) is 5.10 Å². The molecule has 0 amide bonds. The van der Waals surface area contributed by atoms with Gasteiger partial charge in [-0.05, 0) is 6.92 Å². The molecule has 0 spiro atoms. The van der Waals surface area contributed by atoms with Crippen LogP contribution < -0.4 is 5.84 Å². The minimum Gasteiger partial charge on any atom is -0.476 e. The maximum Gasteiger partial charge on any atom is 0.357 e. The van der Waals surface area contributed by atoms with E-state index in [1.807, 2.05) is 0 Å². The van der Waals surface area contributed by atoms with Crippen LogP contribution in [0.15, 0.2) is 6.20 Å². The Kier molecular flexibility index (Phi) is 1.82. The number of hydrogen-bond donors (Lipinski definition) is 2. The molecule has 1 aromatic rings. The molecule has 64 valence electrons. The molecular weight excluding hydrogens is 162 g/mol. The van der Waals surface area contributed by atoms with Crippen LogP contribution in [0.3, 0.4) is 0 Å². The van der Waals surface area contributed by atoms with Crippen LogP contribution in [0.25, 0.3) is 0 Å². The molecule has 0 saturated carbocycles. The summed E-state index contributed by atoms with van der Waals surface area (Å²) in [6, 6.07) is 0. The van der Waals surface area contributed by atoms with Crippen molar-refractivity contribution in [2.45, 2.75) is 6.92 Å². The highest BCUT2D eigenvalue weighted by molar-refractivity contribution is 6.03. The summed E-state index contributed by atoms with van der Waals surface area (Å²) in [6.07, 6.45) is 1.17. The van der Waals surface area contributed by atoms with Gasteiger partial charge in [0.05, 0.1) is 11.8 Å². The van der Waals surface area contributed by atoms with Gasteiger partial charge in [0.1, 0.15) is 0 Å². The van der Waals surface area contributed by atoms with Crippen molar-refractivity contribution in [3.05, 3.63) is 17.5 Å². The average Bonchev–Trinajstić information content (AvgIpc) is 2.31. The second-order valence-electron chi connectivity index (χ2n) is 2.23. The molecule has 1 rings (SSSR count). The van der Waals surface area contributed by atoms with Gasteiger partial charge in [0, 0.05) is 0 Å². The maximum atomic E-state index is 10.8. The first-order valence-corrected chi connectivity index (χ1v) is 3.11. The number of aromatic carboxylic acids is 1. The number of nitrogen functional groups attached to an aromatic ring is 1. The van der Waals surface area contributed by atoms with E-state index in [4.69, 9.17) is 10.9 Å². The van der Waals surface area contributed by atoms with Crippen LogP contribution in [-0.4, -0.2) is 26.7 Å². The summed E-state index contributed by atoms with van der Waals surface area (Å²) in [5.41, 5.74) is -0.296. The van der Waals surface area contributed by atoms with Crippen molar-refractivity contribution in [1.82, 2.24) is 9.89 Å². The number of carbonyl (C=O) groups excluding carboxylic acids is 1. The molecule has 6 heteroatoms. The maximum absolute atomic E-state index is 10.8. The third-order valence-corrected chi connectivity index (χ3v) is 1.31. The third kappa shape index (κ3) is 1.26. The van der Waals surface area contributed by atoms with Crippen molar-refractivity contribution in [1.29, 1.82) is 0 Å². The number of nitrogens with two attached hydrogens (primary N) is 1. The van der Waals surface area contributed by atoms with E-state index in [9.17, 15) is 9.59 Å². The Balaban J connectivity index is 3.26. The minimum absolute atomic E-state index is 0.0185. The molecule has 0 aliphatic rings.